The van der Waals surface area contributed by atoms with Gasteiger partial charge in [-0.1, -0.05) is 17.7 Å². The van der Waals surface area contributed by atoms with E-state index in [9.17, 15) is 9.18 Å². The number of carbonyl (C=O) groups is 1. The van der Waals surface area contributed by atoms with Crippen LogP contribution in [-0.4, -0.2) is 39.9 Å². The molecule has 0 radical (unpaired) electrons. The van der Waals surface area contributed by atoms with Gasteiger partial charge in [-0.3, -0.25) is 4.79 Å². The van der Waals surface area contributed by atoms with Crippen molar-refractivity contribution in [2.24, 2.45) is 0 Å². The van der Waals surface area contributed by atoms with Crippen molar-refractivity contribution in [2.75, 3.05) is 18.5 Å². The number of nitrogens with one attached hydrogen (secondary N) is 2. The predicted molar refractivity (Wildman–Crippen MR) is 113 cm³/mol. The molecule has 3 aromatic rings. The molecule has 0 bridgehead atoms. The molecule has 1 aliphatic heterocycles. The fourth-order valence-corrected chi connectivity index (χ4v) is 3.83. The zero-order valence-electron chi connectivity index (χ0n) is 16.6. The molecule has 0 aliphatic carbocycles. The van der Waals surface area contributed by atoms with Crippen LogP contribution in [0.5, 0.6) is 0 Å². The molecule has 1 amide bonds. The standard InChI is InChI=1S/C21H23ClFN5O2/c1-2-28-20-15(12-26-28)19(27-13-6-8-30-9-7-13)16(11-24-20)21(29)25-10-14-17(22)4-3-5-18(14)23/h3-5,11-13H,2,6-10H2,1H3,(H,24,27)(H,25,29). The van der Waals surface area contributed by atoms with Crippen LogP contribution in [0.25, 0.3) is 11.0 Å². The van der Waals surface area contributed by atoms with Crippen molar-refractivity contribution in [2.45, 2.75) is 38.9 Å². The predicted octanol–water partition coefficient (Wildman–Crippen LogP) is 3.76. The SMILES string of the molecule is CCn1ncc2c(NC3CCOCC3)c(C(=O)NCc3c(F)cccc3Cl)cnc21. The molecule has 0 unspecified atom stereocenters. The topological polar surface area (TPSA) is 81.1 Å². The lowest BCUT2D eigenvalue weighted by atomic mass is 10.1. The lowest BCUT2D eigenvalue weighted by molar-refractivity contribution is 0.0904. The molecule has 2 aromatic heterocycles. The highest BCUT2D eigenvalue weighted by Gasteiger charge is 2.22. The second-order valence-electron chi connectivity index (χ2n) is 7.16. The largest absolute Gasteiger partial charge is 0.381 e. The first-order chi connectivity index (χ1) is 14.6. The number of ether oxygens (including phenoxy) is 1. The first-order valence-corrected chi connectivity index (χ1v) is 10.4. The number of aromatic nitrogens is 3. The zero-order chi connectivity index (χ0) is 21.1. The van der Waals surface area contributed by atoms with Gasteiger partial charge in [0.15, 0.2) is 5.65 Å². The number of fused-ring (bicyclic) bond motifs is 1. The van der Waals surface area contributed by atoms with Gasteiger partial charge in [0, 0.05) is 49.1 Å². The molecule has 1 aromatic carbocycles. The van der Waals surface area contributed by atoms with Crippen LogP contribution in [-0.2, 0) is 17.8 Å². The summed E-state index contributed by atoms with van der Waals surface area (Å²) in [4.78, 5) is 17.5. The van der Waals surface area contributed by atoms with Crippen molar-refractivity contribution in [3.63, 3.8) is 0 Å². The molecule has 0 spiro atoms. The highest BCUT2D eigenvalue weighted by Crippen LogP contribution is 2.28. The molecule has 2 N–H and O–H groups in total. The number of benzene rings is 1. The van der Waals surface area contributed by atoms with Crippen LogP contribution in [0, 0.1) is 5.82 Å². The summed E-state index contributed by atoms with van der Waals surface area (Å²) in [5.74, 6) is -0.816. The Morgan fingerprint density at radius 1 is 1.33 bits per heavy atom. The minimum Gasteiger partial charge on any atom is -0.381 e. The number of hydrogen-bond acceptors (Lipinski definition) is 5. The smallest absolute Gasteiger partial charge is 0.255 e. The molecule has 7 nitrogen and oxygen atoms in total. The number of aryl methyl sites for hydroxylation is 1. The van der Waals surface area contributed by atoms with Crippen molar-refractivity contribution in [1.82, 2.24) is 20.1 Å². The number of halogens is 2. The number of nitrogens with zero attached hydrogens (tertiary/aromatic N) is 3. The molecule has 1 saturated heterocycles. The molecule has 9 heteroatoms. The molecular formula is C21H23ClFN5O2. The van der Waals surface area contributed by atoms with Gasteiger partial charge in [-0.2, -0.15) is 5.10 Å². The number of hydrogen-bond donors (Lipinski definition) is 2. The minimum atomic E-state index is -0.457. The Labute approximate surface area is 178 Å². The summed E-state index contributed by atoms with van der Waals surface area (Å²) in [5.41, 5.74) is 2.03. The second-order valence-corrected chi connectivity index (χ2v) is 7.57. The second kappa shape index (κ2) is 8.97. The maximum atomic E-state index is 14.1. The average Bonchev–Trinajstić information content (AvgIpc) is 3.18. The Morgan fingerprint density at radius 2 is 2.13 bits per heavy atom. The van der Waals surface area contributed by atoms with Crippen LogP contribution in [0.4, 0.5) is 10.1 Å². The maximum absolute atomic E-state index is 14.1. The van der Waals surface area contributed by atoms with Gasteiger partial charge in [0.25, 0.3) is 5.91 Å². The summed E-state index contributed by atoms with van der Waals surface area (Å²) >= 11 is 6.08. The number of amides is 1. The molecule has 0 saturated carbocycles. The van der Waals surface area contributed by atoms with Gasteiger partial charge >= 0.3 is 0 Å². The van der Waals surface area contributed by atoms with Gasteiger partial charge in [0.2, 0.25) is 0 Å². The van der Waals surface area contributed by atoms with E-state index in [4.69, 9.17) is 16.3 Å². The summed E-state index contributed by atoms with van der Waals surface area (Å²) in [5, 5.41) is 11.7. The van der Waals surface area contributed by atoms with Crippen LogP contribution in [0.3, 0.4) is 0 Å². The van der Waals surface area contributed by atoms with Crippen LogP contribution < -0.4 is 10.6 Å². The number of rotatable bonds is 6. The number of pyridine rings is 1. The maximum Gasteiger partial charge on any atom is 0.255 e. The van der Waals surface area contributed by atoms with E-state index >= 15 is 0 Å². The average molecular weight is 432 g/mol. The van der Waals surface area contributed by atoms with Gasteiger partial charge in [-0.15, -0.1) is 0 Å². The van der Waals surface area contributed by atoms with E-state index in [0.29, 0.717) is 36.7 Å². The molecule has 4 rings (SSSR count). The summed E-state index contributed by atoms with van der Waals surface area (Å²) in [6, 6.07) is 4.62. The fraction of sp³-hybridized carbons (Fsp3) is 0.381. The van der Waals surface area contributed by atoms with Crippen molar-refractivity contribution in [3.05, 3.63) is 52.6 Å². The van der Waals surface area contributed by atoms with Gasteiger partial charge in [0.05, 0.1) is 22.8 Å². The van der Waals surface area contributed by atoms with Crippen molar-refractivity contribution in [3.8, 4) is 0 Å². The number of anilines is 1. The van der Waals surface area contributed by atoms with E-state index in [-0.39, 0.29) is 29.1 Å². The quantitative estimate of drug-likeness (QED) is 0.621. The molecule has 1 fully saturated rings. The normalized spacial score (nSPS) is 14.8. The van der Waals surface area contributed by atoms with E-state index in [0.717, 1.165) is 18.2 Å². The Bertz CT molecular complexity index is 1040. The van der Waals surface area contributed by atoms with Crippen LogP contribution >= 0.6 is 11.6 Å². The van der Waals surface area contributed by atoms with E-state index in [2.05, 4.69) is 20.7 Å². The third-order valence-corrected chi connectivity index (χ3v) is 5.62. The lowest BCUT2D eigenvalue weighted by Crippen LogP contribution is -2.30. The Balaban J connectivity index is 1.64. The van der Waals surface area contributed by atoms with E-state index in [1.54, 1.807) is 16.9 Å². The summed E-state index contributed by atoms with van der Waals surface area (Å²) < 4.78 is 21.3. The Morgan fingerprint density at radius 3 is 2.87 bits per heavy atom. The van der Waals surface area contributed by atoms with E-state index < -0.39 is 5.82 Å². The Hall–Kier alpha value is -2.71. The lowest BCUT2D eigenvalue weighted by Gasteiger charge is -2.25. The first-order valence-electron chi connectivity index (χ1n) is 9.98. The van der Waals surface area contributed by atoms with Crippen molar-refractivity contribution < 1.29 is 13.9 Å². The third-order valence-electron chi connectivity index (χ3n) is 5.27. The van der Waals surface area contributed by atoms with Crippen LogP contribution in [0.15, 0.2) is 30.6 Å². The highest BCUT2D eigenvalue weighted by atomic mass is 35.5. The third kappa shape index (κ3) is 4.11. The molecule has 158 valence electrons. The van der Waals surface area contributed by atoms with E-state index in [1.165, 1.54) is 18.3 Å². The molecular weight excluding hydrogens is 409 g/mol. The fourth-order valence-electron chi connectivity index (χ4n) is 3.60. The monoisotopic (exact) mass is 431 g/mol. The van der Waals surface area contributed by atoms with Crippen LogP contribution in [0.2, 0.25) is 5.02 Å². The minimum absolute atomic E-state index is 0.0205. The Kier molecular flexibility index (Phi) is 6.15. The van der Waals surface area contributed by atoms with Crippen molar-refractivity contribution >= 4 is 34.2 Å². The molecule has 30 heavy (non-hydrogen) atoms. The molecule has 3 heterocycles. The van der Waals surface area contributed by atoms with E-state index in [1.807, 2.05) is 6.92 Å². The van der Waals surface area contributed by atoms with Gasteiger partial charge in [-0.25, -0.2) is 14.1 Å². The summed E-state index contributed by atoms with van der Waals surface area (Å²) in [6.45, 7) is 3.98. The highest BCUT2D eigenvalue weighted by molar-refractivity contribution is 6.31. The molecule has 1 aliphatic rings. The van der Waals surface area contributed by atoms with Crippen molar-refractivity contribution in [1.29, 1.82) is 0 Å². The zero-order valence-corrected chi connectivity index (χ0v) is 17.4. The number of carbonyl (C=O) groups excluding carboxylic acids is 1. The first kappa shape index (κ1) is 20.6. The summed E-state index contributed by atoms with van der Waals surface area (Å²) in [7, 11) is 0. The van der Waals surface area contributed by atoms with Gasteiger partial charge < -0.3 is 15.4 Å². The van der Waals surface area contributed by atoms with Gasteiger partial charge in [0.1, 0.15) is 5.82 Å². The molecule has 0 atom stereocenters. The summed E-state index contributed by atoms with van der Waals surface area (Å²) in [6.07, 6.45) is 4.95. The van der Waals surface area contributed by atoms with Crippen LogP contribution in [0.1, 0.15) is 35.7 Å². The van der Waals surface area contributed by atoms with Gasteiger partial charge in [-0.05, 0) is 31.9 Å².